The van der Waals surface area contributed by atoms with Crippen LogP contribution in [0.3, 0.4) is 0 Å². The number of nitrogens with zero attached hydrogens (tertiary/aromatic N) is 1. The van der Waals surface area contributed by atoms with E-state index in [1.807, 2.05) is 44.2 Å². The van der Waals surface area contributed by atoms with Gasteiger partial charge in [-0.05, 0) is 73.5 Å². The predicted octanol–water partition coefficient (Wildman–Crippen LogP) is 6.60. The van der Waals surface area contributed by atoms with Crippen molar-refractivity contribution in [3.8, 4) is 0 Å². The van der Waals surface area contributed by atoms with Crippen LogP contribution in [-0.4, -0.2) is 11.8 Å². The molecule has 0 aliphatic carbocycles. The highest BCUT2D eigenvalue weighted by Crippen LogP contribution is 2.39. The third-order valence-electron chi connectivity index (χ3n) is 4.79. The van der Waals surface area contributed by atoms with Gasteiger partial charge in [-0.3, -0.25) is 9.59 Å². The van der Waals surface area contributed by atoms with Crippen LogP contribution in [0, 0.1) is 13.8 Å². The van der Waals surface area contributed by atoms with Gasteiger partial charge in [0.25, 0.3) is 11.8 Å². The van der Waals surface area contributed by atoms with E-state index in [2.05, 4.69) is 5.32 Å². The van der Waals surface area contributed by atoms with E-state index in [4.69, 9.17) is 23.2 Å². The lowest BCUT2D eigenvalue weighted by molar-refractivity contribution is -0.120. The molecule has 1 aliphatic rings. The van der Waals surface area contributed by atoms with Crippen LogP contribution in [-0.2, 0) is 9.59 Å². The second-order valence-corrected chi connectivity index (χ2v) is 9.09. The molecule has 0 atom stereocenters. The third kappa shape index (κ3) is 4.49. The standard InChI is InChI=1S/C24H18Cl2N2O2S/c1-14-6-7-15(2)20(12-14)27-21-22(31-19-10-8-16(25)9-11-19)24(30)28(23(21)29)18-5-3-4-17(26)13-18/h3-13,27H,1-2H3. The topological polar surface area (TPSA) is 49.4 Å². The molecule has 31 heavy (non-hydrogen) atoms. The molecule has 4 nitrogen and oxygen atoms in total. The lowest BCUT2D eigenvalue weighted by Crippen LogP contribution is -2.32. The first-order valence-electron chi connectivity index (χ1n) is 9.50. The van der Waals surface area contributed by atoms with Crippen LogP contribution in [0.4, 0.5) is 11.4 Å². The lowest BCUT2D eigenvalue weighted by atomic mass is 10.1. The summed E-state index contributed by atoms with van der Waals surface area (Å²) in [5, 5.41) is 4.26. The summed E-state index contributed by atoms with van der Waals surface area (Å²) < 4.78 is 0. The maximum Gasteiger partial charge on any atom is 0.283 e. The van der Waals surface area contributed by atoms with E-state index in [9.17, 15) is 9.59 Å². The third-order valence-corrected chi connectivity index (χ3v) is 6.37. The van der Waals surface area contributed by atoms with Gasteiger partial charge in [0.2, 0.25) is 0 Å². The monoisotopic (exact) mass is 468 g/mol. The first-order valence-corrected chi connectivity index (χ1v) is 11.1. The number of nitrogens with one attached hydrogen (secondary N) is 1. The predicted molar refractivity (Wildman–Crippen MR) is 128 cm³/mol. The number of amides is 2. The van der Waals surface area contributed by atoms with Gasteiger partial charge < -0.3 is 5.32 Å². The first kappa shape index (κ1) is 21.5. The molecule has 0 spiro atoms. The molecular weight excluding hydrogens is 451 g/mol. The highest BCUT2D eigenvalue weighted by molar-refractivity contribution is 8.04. The number of rotatable bonds is 5. The molecule has 0 fully saturated rings. The second kappa shape index (κ2) is 8.79. The molecule has 3 aromatic carbocycles. The van der Waals surface area contributed by atoms with Crippen LogP contribution in [0.15, 0.2) is 82.2 Å². The van der Waals surface area contributed by atoms with Crippen molar-refractivity contribution in [2.75, 3.05) is 10.2 Å². The first-order chi connectivity index (χ1) is 14.8. The molecule has 0 bridgehead atoms. The molecule has 7 heteroatoms. The van der Waals surface area contributed by atoms with Crippen LogP contribution in [0.5, 0.6) is 0 Å². The van der Waals surface area contributed by atoms with Crippen molar-refractivity contribution in [3.63, 3.8) is 0 Å². The van der Waals surface area contributed by atoms with E-state index in [1.165, 1.54) is 11.8 Å². The van der Waals surface area contributed by atoms with Gasteiger partial charge >= 0.3 is 0 Å². The van der Waals surface area contributed by atoms with Crippen LogP contribution < -0.4 is 10.2 Å². The summed E-state index contributed by atoms with van der Waals surface area (Å²) >= 11 is 13.3. The number of halogens is 2. The van der Waals surface area contributed by atoms with Gasteiger partial charge in [-0.2, -0.15) is 0 Å². The second-order valence-electron chi connectivity index (χ2n) is 7.13. The van der Waals surface area contributed by atoms with Crippen molar-refractivity contribution in [2.45, 2.75) is 18.7 Å². The molecule has 0 radical (unpaired) electrons. The van der Waals surface area contributed by atoms with Crippen LogP contribution in [0.25, 0.3) is 0 Å². The van der Waals surface area contributed by atoms with E-state index in [1.54, 1.807) is 36.4 Å². The lowest BCUT2D eigenvalue weighted by Gasteiger charge is -2.16. The molecule has 1 N–H and O–H groups in total. The number of benzene rings is 3. The van der Waals surface area contributed by atoms with Crippen molar-refractivity contribution >= 4 is 58.2 Å². The normalized spacial score (nSPS) is 13.9. The van der Waals surface area contributed by atoms with E-state index < -0.39 is 11.8 Å². The minimum atomic E-state index is -0.426. The molecule has 3 aromatic rings. The Morgan fingerprint density at radius 1 is 0.839 bits per heavy atom. The molecule has 2 amide bonds. The summed E-state index contributed by atoms with van der Waals surface area (Å²) in [6, 6.07) is 19.7. The number of carbonyl (C=O) groups excluding carboxylic acids is 2. The fraction of sp³-hybridized carbons (Fsp3) is 0.0833. The molecule has 0 aromatic heterocycles. The number of aryl methyl sites for hydroxylation is 2. The van der Waals surface area contributed by atoms with E-state index >= 15 is 0 Å². The van der Waals surface area contributed by atoms with Gasteiger partial charge in [-0.25, -0.2) is 4.90 Å². The minimum absolute atomic E-state index is 0.235. The number of hydrogen-bond donors (Lipinski definition) is 1. The number of anilines is 2. The number of hydrogen-bond acceptors (Lipinski definition) is 4. The van der Waals surface area contributed by atoms with Crippen molar-refractivity contribution < 1.29 is 9.59 Å². The highest BCUT2D eigenvalue weighted by Gasteiger charge is 2.40. The Labute approximate surface area is 194 Å². The zero-order valence-corrected chi connectivity index (χ0v) is 19.1. The van der Waals surface area contributed by atoms with E-state index in [0.717, 1.165) is 26.6 Å². The fourth-order valence-electron chi connectivity index (χ4n) is 3.19. The summed E-state index contributed by atoms with van der Waals surface area (Å²) in [4.78, 5) is 29.0. The fourth-order valence-corrected chi connectivity index (χ4v) is 4.43. The quantitative estimate of drug-likeness (QED) is 0.428. The summed E-state index contributed by atoms with van der Waals surface area (Å²) in [7, 11) is 0. The van der Waals surface area contributed by atoms with Crippen LogP contribution >= 0.6 is 35.0 Å². The van der Waals surface area contributed by atoms with Gasteiger partial charge in [0.15, 0.2) is 0 Å². The number of carbonyl (C=O) groups is 2. The van der Waals surface area contributed by atoms with E-state index in [0.29, 0.717) is 20.6 Å². The van der Waals surface area contributed by atoms with Crippen LogP contribution in [0.1, 0.15) is 11.1 Å². The maximum absolute atomic E-state index is 13.4. The Kier molecular flexibility index (Phi) is 6.10. The molecule has 0 saturated carbocycles. The van der Waals surface area contributed by atoms with Gasteiger partial charge in [0.05, 0.1) is 5.69 Å². The Morgan fingerprint density at radius 2 is 1.58 bits per heavy atom. The zero-order valence-electron chi connectivity index (χ0n) is 16.8. The Hall–Kier alpha value is -2.73. The van der Waals surface area contributed by atoms with Gasteiger partial charge in [0.1, 0.15) is 10.6 Å². The Balaban J connectivity index is 1.78. The van der Waals surface area contributed by atoms with Gasteiger partial charge in [-0.15, -0.1) is 0 Å². The summed E-state index contributed by atoms with van der Waals surface area (Å²) in [6.45, 7) is 3.92. The SMILES string of the molecule is Cc1ccc(C)c(NC2=C(Sc3ccc(Cl)cc3)C(=O)N(c3cccc(Cl)c3)C2=O)c1. The number of thioether (sulfide) groups is 1. The van der Waals surface area contributed by atoms with Gasteiger partial charge in [0, 0.05) is 20.6 Å². The number of imide groups is 1. The summed E-state index contributed by atoms with van der Waals surface area (Å²) in [5.41, 5.74) is 3.45. The molecule has 156 valence electrons. The average Bonchev–Trinajstić information content (AvgIpc) is 2.96. The van der Waals surface area contributed by atoms with Gasteiger partial charge in [-0.1, -0.05) is 53.2 Å². The van der Waals surface area contributed by atoms with Crippen molar-refractivity contribution in [2.24, 2.45) is 0 Å². The molecule has 0 saturated heterocycles. The van der Waals surface area contributed by atoms with Crippen molar-refractivity contribution in [1.82, 2.24) is 0 Å². The van der Waals surface area contributed by atoms with Crippen LogP contribution in [0.2, 0.25) is 10.0 Å². The molecule has 4 rings (SSSR count). The average molecular weight is 469 g/mol. The molecule has 1 heterocycles. The minimum Gasteiger partial charge on any atom is -0.350 e. The zero-order chi connectivity index (χ0) is 22.1. The molecule has 0 unspecified atom stereocenters. The Bertz CT molecular complexity index is 1220. The largest absolute Gasteiger partial charge is 0.350 e. The van der Waals surface area contributed by atoms with Crippen molar-refractivity contribution in [3.05, 3.63) is 98.5 Å². The molecule has 1 aliphatic heterocycles. The smallest absolute Gasteiger partial charge is 0.283 e. The summed E-state index contributed by atoms with van der Waals surface area (Å²) in [6.07, 6.45) is 0. The van der Waals surface area contributed by atoms with Crippen molar-refractivity contribution in [1.29, 1.82) is 0 Å². The Morgan fingerprint density at radius 3 is 2.29 bits per heavy atom. The van der Waals surface area contributed by atoms with E-state index in [-0.39, 0.29) is 5.70 Å². The summed E-state index contributed by atoms with van der Waals surface area (Å²) in [5.74, 6) is -0.829. The molecular formula is C24H18Cl2N2O2S. The highest BCUT2D eigenvalue weighted by atomic mass is 35.5. The maximum atomic E-state index is 13.4.